The van der Waals surface area contributed by atoms with Crippen molar-refractivity contribution in [1.29, 1.82) is 0 Å². The van der Waals surface area contributed by atoms with Crippen LogP contribution in [0.1, 0.15) is 38.2 Å². The van der Waals surface area contributed by atoms with Gasteiger partial charge in [0.1, 0.15) is 5.82 Å². The molecule has 2 rings (SSSR count). The molecule has 0 atom stereocenters. The molecular weight excluding hydrogens is 380 g/mol. The van der Waals surface area contributed by atoms with Gasteiger partial charge in [-0.25, -0.2) is 4.39 Å². The summed E-state index contributed by atoms with van der Waals surface area (Å²) >= 11 is 0. The van der Waals surface area contributed by atoms with Gasteiger partial charge < -0.3 is 10.6 Å². The van der Waals surface area contributed by atoms with Crippen LogP contribution < -0.4 is 10.6 Å². The van der Waals surface area contributed by atoms with E-state index in [2.05, 4.69) is 22.5 Å². The van der Waals surface area contributed by atoms with Gasteiger partial charge in [-0.05, 0) is 42.4 Å². The summed E-state index contributed by atoms with van der Waals surface area (Å²) in [5.74, 6) is 0.584. The lowest BCUT2D eigenvalue weighted by atomic mass is 9.67. The molecule has 0 bridgehead atoms. The highest BCUT2D eigenvalue weighted by molar-refractivity contribution is 14.0. The van der Waals surface area contributed by atoms with E-state index in [0.717, 1.165) is 18.1 Å². The molecule has 0 heterocycles. The van der Waals surface area contributed by atoms with Gasteiger partial charge in [-0.3, -0.25) is 4.99 Å². The second kappa shape index (κ2) is 8.56. The number of nitrogens with one attached hydrogen (secondary N) is 2. The largest absolute Gasteiger partial charge is 0.356 e. The maximum atomic E-state index is 13.1. The van der Waals surface area contributed by atoms with Crippen LogP contribution in [0, 0.1) is 11.2 Å². The Hall–Kier alpha value is -0.850. The molecular formula is C16H25FIN3. The molecule has 3 nitrogen and oxygen atoms in total. The first-order valence-corrected chi connectivity index (χ1v) is 7.36. The SMILES string of the molecule is CCC1(CNC(=NC)NCc2cccc(F)c2)CCC1.I. The molecule has 1 aliphatic carbocycles. The van der Waals surface area contributed by atoms with E-state index < -0.39 is 0 Å². The van der Waals surface area contributed by atoms with E-state index in [4.69, 9.17) is 0 Å². The number of halogens is 2. The number of hydrogen-bond acceptors (Lipinski definition) is 1. The molecule has 1 fully saturated rings. The summed E-state index contributed by atoms with van der Waals surface area (Å²) in [5, 5.41) is 6.62. The molecule has 118 valence electrons. The van der Waals surface area contributed by atoms with Crippen molar-refractivity contribution < 1.29 is 4.39 Å². The summed E-state index contributed by atoms with van der Waals surface area (Å²) in [4.78, 5) is 4.22. The van der Waals surface area contributed by atoms with Crippen molar-refractivity contribution in [2.75, 3.05) is 13.6 Å². The first kappa shape index (κ1) is 18.2. The summed E-state index contributed by atoms with van der Waals surface area (Å²) < 4.78 is 13.1. The Labute approximate surface area is 143 Å². The van der Waals surface area contributed by atoms with Gasteiger partial charge in [0.2, 0.25) is 0 Å². The zero-order valence-corrected chi connectivity index (χ0v) is 15.1. The monoisotopic (exact) mass is 405 g/mol. The molecule has 0 aliphatic heterocycles. The summed E-state index contributed by atoms with van der Waals surface area (Å²) in [6, 6.07) is 6.63. The molecule has 2 N–H and O–H groups in total. The van der Waals surface area contributed by atoms with Gasteiger partial charge in [-0.15, -0.1) is 24.0 Å². The van der Waals surface area contributed by atoms with Crippen LogP contribution in [0.5, 0.6) is 0 Å². The Kier molecular flexibility index (Phi) is 7.42. The Morgan fingerprint density at radius 2 is 2.10 bits per heavy atom. The van der Waals surface area contributed by atoms with Crippen LogP contribution >= 0.6 is 24.0 Å². The van der Waals surface area contributed by atoms with E-state index in [1.54, 1.807) is 19.2 Å². The molecule has 1 aromatic rings. The zero-order chi connectivity index (χ0) is 14.4. The van der Waals surface area contributed by atoms with E-state index in [1.165, 1.54) is 31.7 Å². The first-order valence-electron chi connectivity index (χ1n) is 7.36. The molecule has 0 radical (unpaired) electrons. The molecule has 1 aliphatic rings. The van der Waals surface area contributed by atoms with Gasteiger partial charge >= 0.3 is 0 Å². The molecule has 0 amide bonds. The Morgan fingerprint density at radius 1 is 1.33 bits per heavy atom. The van der Waals surface area contributed by atoms with E-state index in [1.807, 2.05) is 6.07 Å². The highest BCUT2D eigenvalue weighted by atomic mass is 127. The zero-order valence-electron chi connectivity index (χ0n) is 12.8. The topological polar surface area (TPSA) is 36.4 Å². The third-order valence-electron chi connectivity index (χ3n) is 4.37. The predicted octanol–water partition coefficient (Wildman–Crippen LogP) is 3.69. The number of guanidine groups is 1. The van der Waals surface area contributed by atoms with Crippen molar-refractivity contribution in [3.05, 3.63) is 35.6 Å². The van der Waals surface area contributed by atoms with Crippen molar-refractivity contribution >= 4 is 29.9 Å². The summed E-state index contributed by atoms with van der Waals surface area (Å²) in [7, 11) is 1.76. The van der Waals surface area contributed by atoms with E-state index in [-0.39, 0.29) is 29.8 Å². The first-order chi connectivity index (χ1) is 9.67. The molecule has 0 saturated heterocycles. The van der Waals surface area contributed by atoms with Crippen LogP contribution in [-0.4, -0.2) is 19.6 Å². The fraction of sp³-hybridized carbons (Fsp3) is 0.562. The average molecular weight is 405 g/mol. The highest BCUT2D eigenvalue weighted by Crippen LogP contribution is 2.42. The smallest absolute Gasteiger partial charge is 0.191 e. The fourth-order valence-corrected chi connectivity index (χ4v) is 2.66. The van der Waals surface area contributed by atoms with E-state index in [9.17, 15) is 4.39 Å². The lowest BCUT2D eigenvalue weighted by Crippen LogP contribution is -2.46. The van der Waals surface area contributed by atoms with Crippen LogP contribution in [-0.2, 0) is 6.54 Å². The van der Waals surface area contributed by atoms with Crippen LogP contribution in [0.3, 0.4) is 0 Å². The summed E-state index contributed by atoms with van der Waals surface area (Å²) in [5.41, 5.74) is 1.37. The fourth-order valence-electron chi connectivity index (χ4n) is 2.66. The van der Waals surface area contributed by atoms with Gasteiger partial charge in [0.15, 0.2) is 5.96 Å². The quantitative estimate of drug-likeness (QED) is 0.446. The Balaban J connectivity index is 0.00000220. The predicted molar refractivity (Wildman–Crippen MR) is 96.6 cm³/mol. The minimum atomic E-state index is -0.202. The van der Waals surface area contributed by atoms with Gasteiger partial charge in [0.25, 0.3) is 0 Å². The Morgan fingerprint density at radius 3 is 2.62 bits per heavy atom. The molecule has 21 heavy (non-hydrogen) atoms. The minimum absolute atomic E-state index is 0. The maximum Gasteiger partial charge on any atom is 0.191 e. The summed E-state index contributed by atoms with van der Waals surface area (Å²) in [6.07, 6.45) is 5.15. The van der Waals surface area contributed by atoms with E-state index >= 15 is 0 Å². The second-order valence-corrected chi connectivity index (χ2v) is 5.62. The van der Waals surface area contributed by atoms with Crippen molar-refractivity contribution in [2.45, 2.75) is 39.2 Å². The number of benzene rings is 1. The molecule has 1 saturated carbocycles. The van der Waals surface area contributed by atoms with Crippen molar-refractivity contribution in [3.8, 4) is 0 Å². The third kappa shape index (κ3) is 5.13. The molecule has 0 aromatic heterocycles. The Bertz CT molecular complexity index is 467. The standard InChI is InChI=1S/C16H24FN3.HI/c1-3-16(8-5-9-16)12-20-15(18-2)19-11-13-6-4-7-14(17)10-13;/h4,6-7,10H,3,5,8-9,11-12H2,1-2H3,(H2,18,19,20);1H. The third-order valence-corrected chi connectivity index (χ3v) is 4.37. The molecule has 0 unspecified atom stereocenters. The maximum absolute atomic E-state index is 13.1. The van der Waals surface area contributed by atoms with Crippen LogP contribution in [0.15, 0.2) is 29.3 Å². The van der Waals surface area contributed by atoms with Crippen LogP contribution in [0.4, 0.5) is 4.39 Å². The number of nitrogens with zero attached hydrogens (tertiary/aromatic N) is 1. The molecule has 0 spiro atoms. The van der Waals surface area contributed by atoms with Crippen molar-refractivity contribution in [1.82, 2.24) is 10.6 Å². The van der Waals surface area contributed by atoms with E-state index in [0.29, 0.717) is 12.0 Å². The van der Waals surface area contributed by atoms with Gasteiger partial charge in [0.05, 0.1) is 0 Å². The number of rotatable bonds is 5. The second-order valence-electron chi connectivity index (χ2n) is 5.62. The van der Waals surface area contributed by atoms with Gasteiger partial charge in [0, 0.05) is 20.1 Å². The van der Waals surface area contributed by atoms with Crippen LogP contribution in [0.25, 0.3) is 0 Å². The minimum Gasteiger partial charge on any atom is -0.356 e. The van der Waals surface area contributed by atoms with Crippen molar-refractivity contribution in [2.24, 2.45) is 10.4 Å². The summed E-state index contributed by atoms with van der Waals surface area (Å²) in [6.45, 7) is 3.80. The number of aliphatic imine (C=N–C) groups is 1. The lowest BCUT2D eigenvalue weighted by Gasteiger charge is -2.41. The average Bonchev–Trinajstić information content (AvgIpc) is 2.41. The number of hydrogen-bond donors (Lipinski definition) is 2. The molecule has 1 aromatic carbocycles. The van der Waals surface area contributed by atoms with Crippen LogP contribution in [0.2, 0.25) is 0 Å². The lowest BCUT2D eigenvalue weighted by molar-refractivity contribution is 0.131. The molecule has 5 heteroatoms. The highest BCUT2D eigenvalue weighted by Gasteiger charge is 2.34. The van der Waals surface area contributed by atoms with Crippen molar-refractivity contribution in [3.63, 3.8) is 0 Å². The van der Waals surface area contributed by atoms with Gasteiger partial charge in [-0.2, -0.15) is 0 Å². The normalized spacial score (nSPS) is 16.6. The van der Waals surface area contributed by atoms with Gasteiger partial charge in [-0.1, -0.05) is 25.5 Å².